The van der Waals surface area contributed by atoms with Crippen molar-refractivity contribution in [3.05, 3.63) is 29.8 Å². The average molecular weight is 272 g/mol. The van der Waals surface area contributed by atoms with Gasteiger partial charge in [-0.15, -0.1) is 0 Å². The number of rotatable bonds is 3. The van der Waals surface area contributed by atoms with Crippen LogP contribution in [0, 0.1) is 11.8 Å². The fraction of sp³-hybridized carbons (Fsp3) is 0.588. The summed E-state index contributed by atoms with van der Waals surface area (Å²) >= 11 is 0. The number of nitrogens with one attached hydrogen (secondary N) is 2. The highest BCUT2D eigenvalue weighted by atomic mass is 16.2. The van der Waals surface area contributed by atoms with Crippen molar-refractivity contribution in [2.45, 2.75) is 45.1 Å². The molecule has 1 aliphatic heterocycles. The summed E-state index contributed by atoms with van der Waals surface area (Å²) < 4.78 is 0. The molecule has 20 heavy (non-hydrogen) atoms. The normalized spacial score (nSPS) is 23.8. The molecule has 1 aliphatic carbocycles. The number of hydrogen-bond donors (Lipinski definition) is 2. The number of carbonyl (C=O) groups excluding carboxylic acids is 1. The van der Waals surface area contributed by atoms with E-state index < -0.39 is 0 Å². The van der Waals surface area contributed by atoms with Crippen LogP contribution in [-0.4, -0.2) is 18.5 Å². The monoisotopic (exact) mass is 272 g/mol. The molecule has 3 heteroatoms. The van der Waals surface area contributed by atoms with E-state index in [0.29, 0.717) is 12.0 Å². The van der Waals surface area contributed by atoms with Gasteiger partial charge in [-0.25, -0.2) is 0 Å². The highest BCUT2D eigenvalue weighted by Crippen LogP contribution is 2.28. The number of hydrogen-bond acceptors (Lipinski definition) is 2. The molecule has 1 aromatic carbocycles. The van der Waals surface area contributed by atoms with Crippen molar-refractivity contribution >= 4 is 11.6 Å². The van der Waals surface area contributed by atoms with Gasteiger partial charge in [-0.1, -0.05) is 31.0 Å². The van der Waals surface area contributed by atoms with Crippen molar-refractivity contribution in [1.29, 1.82) is 0 Å². The largest absolute Gasteiger partial charge is 0.384 e. The Labute approximate surface area is 121 Å². The van der Waals surface area contributed by atoms with Crippen LogP contribution in [-0.2, 0) is 11.2 Å². The van der Waals surface area contributed by atoms with Gasteiger partial charge in [0.05, 0.1) is 5.92 Å². The Morgan fingerprint density at radius 1 is 1.30 bits per heavy atom. The fourth-order valence-corrected chi connectivity index (χ4v) is 3.54. The molecule has 0 saturated heterocycles. The van der Waals surface area contributed by atoms with Crippen LogP contribution < -0.4 is 10.6 Å². The molecule has 0 aromatic heterocycles. The molecule has 2 aliphatic rings. The number of carbonyl (C=O) groups is 1. The quantitative estimate of drug-likeness (QED) is 0.888. The van der Waals surface area contributed by atoms with E-state index in [1.165, 1.54) is 36.9 Å². The molecule has 0 bridgehead atoms. The van der Waals surface area contributed by atoms with Gasteiger partial charge in [0.25, 0.3) is 0 Å². The van der Waals surface area contributed by atoms with Crippen molar-refractivity contribution in [3.8, 4) is 0 Å². The van der Waals surface area contributed by atoms with Crippen LogP contribution in [0.1, 0.15) is 38.2 Å². The van der Waals surface area contributed by atoms with E-state index in [2.05, 4.69) is 29.7 Å². The lowest BCUT2D eigenvalue weighted by atomic mass is 9.92. The zero-order chi connectivity index (χ0) is 13.9. The first-order valence-corrected chi connectivity index (χ1v) is 7.86. The SMILES string of the molecule is C[C@H](NC(=O)C1CNc2ccccc2C1)C1CCCC1. The van der Waals surface area contributed by atoms with Crippen LogP contribution in [0.5, 0.6) is 0 Å². The number of para-hydroxylation sites is 1. The van der Waals surface area contributed by atoms with Crippen LogP contribution in [0.15, 0.2) is 24.3 Å². The van der Waals surface area contributed by atoms with Gasteiger partial charge < -0.3 is 10.6 Å². The molecule has 108 valence electrons. The number of amides is 1. The summed E-state index contributed by atoms with van der Waals surface area (Å²) in [4.78, 5) is 12.4. The Morgan fingerprint density at radius 3 is 2.85 bits per heavy atom. The maximum atomic E-state index is 12.4. The minimum absolute atomic E-state index is 0.0637. The van der Waals surface area contributed by atoms with Crippen LogP contribution >= 0.6 is 0 Å². The third-order valence-electron chi connectivity index (χ3n) is 4.87. The van der Waals surface area contributed by atoms with Gasteiger partial charge >= 0.3 is 0 Å². The second-order valence-electron chi connectivity index (χ2n) is 6.28. The van der Waals surface area contributed by atoms with E-state index in [-0.39, 0.29) is 11.8 Å². The molecule has 1 amide bonds. The first kappa shape index (κ1) is 13.5. The Morgan fingerprint density at radius 2 is 2.05 bits per heavy atom. The number of fused-ring (bicyclic) bond motifs is 1. The predicted molar refractivity (Wildman–Crippen MR) is 81.7 cm³/mol. The summed E-state index contributed by atoms with van der Waals surface area (Å²) in [6.07, 6.45) is 6.04. The van der Waals surface area contributed by atoms with Crippen molar-refractivity contribution < 1.29 is 4.79 Å². The van der Waals surface area contributed by atoms with E-state index >= 15 is 0 Å². The van der Waals surface area contributed by atoms with Gasteiger partial charge in [-0.2, -0.15) is 0 Å². The molecule has 1 heterocycles. The molecule has 1 fully saturated rings. The summed E-state index contributed by atoms with van der Waals surface area (Å²) in [5, 5.41) is 6.62. The number of anilines is 1. The summed E-state index contributed by atoms with van der Waals surface area (Å²) in [5.41, 5.74) is 2.44. The van der Waals surface area contributed by atoms with Gasteiger partial charge in [0.2, 0.25) is 5.91 Å². The lowest BCUT2D eigenvalue weighted by Crippen LogP contribution is -2.44. The van der Waals surface area contributed by atoms with Crippen LogP contribution in [0.2, 0.25) is 0 Å². The zero-order valence-corrected chi connectivity index (χ0v) is 12.2. The van der Waals surface area contributed by atoms with Crippen molar-refractivity contribution in [3.63, 3.8) is 0 Å². The maximum Gasteiger partial charge on any atom is 0.225 e. The topological polar surface area (TPSA) is 41.1 Å². The summed E-state index contributed by atoms with van der Waals surface area (Å²) in [5.74, 6) is 0.961. The van der Waals surface area contributed by atoms with Crippen molar-refractivity contribution in [2.75, 3.05) is 11.9 Å². The molecule has 2 atom stereocenters. The van der Waals surface area contributed by atoms with E-state index in [9.17, 15) is 4.79 Å². The lowest BCUT2D eigenvalue weighted by molar-refractivity contribution is -0.125. The third kappa shape index (κ3) is 2.82. The minimum atomic E-state index is 0.0637. The molecular formula is C17H24N2O. The maximum absolute atomic E-state index is 12.4. The Kier molecular flexibility index (Phi) is 3.95. The Hall–Kier alpha value is -1.51. The predicted octanol–water partition coefficient (Wildman–Crippen LogP) is 2.97. The highest BCUT2D eigenvalue weighted by molar-refractivity contribution is 5.81. The molecule has 1 aromatic rings. The van der Waals surface area contributed by atoms with Gasteiger partial charge in [-0.3, -0.25) is 4.79 Å². The summed E-state index contributed by atoms with van der Waals surface area (Å²) in [6, 6.07) is 8.60. The van der Waals surface area contributed by atoms with Gasteiger partial charge in [-0.05, 0) is 43.7 Å². The molecule has 2 N–H and O–H groups in total. The molecule has 1 unspecified atom stereocenters. The first-order valence-electron chi connectivity index (χ1n) is 7.86. The van der Waals surface area contributed by atoms with E-state index in [1.807, 2.05) is 12.1 Å². The van der Waals surface area contributed by atoms with Gasteiger partial charge in [0, 0.05) is 18.3 Å². The first-order chi connectivity index (χ1) is 9.74. The highest BCUT2D eigenvalue weighted by Gasteiger charge is 2.28. The molecule has 1 saturated carbocycles. The molecule has 3 nitrogen and oxygen atoms in total. The second kappa shape index (κ2) is 5.86. The summed E-state index contributed by atoms with van der Waals surface area (Å²) in [7, 11) is 0. The molecular weight excluding hydrogens is 248 g/mol. The Bertz CT molecular complexity index is 480. The number of benzene rings is 1. The van der Waals surface area contributed by atoms with E-state index in [1.54, 1.807) is 0 Å². The van der Waals surface area contributed by atoms with Crippen LogP contribution in [0.3, 0.4) is 0 Å². The average Bonchev–Trinajstić information content (AvgIpc) is 3.01. The van der Waals surface area contributed by atoms with Gasteiger partial charge in [0.1, 0.15) is 0 Å². The Balaban J connectivity index is 1.58. The molecule has 3 rings (SSSR count). The smallest absolute Gasteiger partial charge is 0.225 e. The second-order valence-corrected chi connectivity index (χ2v) is 6.28. The van der Waals surface area contributed by atoms with Crippen molar-refractivity contribution in [2.24, 2.45) is 11.8 Å². The standard InChI is InChI=1S/C17H24N2O/c1-12(13-6-2-3-7-13)19-17(20)15-10-14-8-4-5-9-16(14)18-11-15/h4-5,8-9,12-13,15,18H,2-3,6-7,10-11H2,1H3,(H,19,20)/t12-,15?/m0/s1. The zero-order valence-electron chi connectivity index (χ0n) is 12.2. The van der Waals surface area contributed by atoms with E-state index in [0.717, 1.165) is 13.0 Å². The lowest BCUT2D eigenvalue weighted by Gasteiger charge is -2.28. The fourth-order valence-electron chi connectivity index (χ4n) is 3.54. The molecule has 0 radical (unpaired) electrons. The third-order valence-corrected chi connectivity index (χ3v) is 4.87. The summed E-state index contributed by atoms with van der Waals surface area (Å²) in [6.45, 7) is 2.92. The molecule has 0 spiro atoms. The van der Waals surface area contributed by atoms with Crippen molar-refractivity contribution in [1.82, 2.24) is 5.32 Å². The van der Waals surface area contributed by atoms with Crippen LogP contribution in [0.4, 0.5) is 5.69 Å². The minimum Gasteiger partial charge on any atom is -0.384 e. The van der Waals surface area contributed by atoms with Gasteiger partial charge in [0.15, 0.2) is 0 Å². The van der Waals surface area contributed by atoms with Crippen LogP contribution in [0.25, 0.3) is 0 Å². The van der Waals surface area contributed by atoms with E-state index in [4.69, 9.17) is 0 Å².